The maximum atomic E-state index is 13.7. The molecule has 0 saturated heterocycles. The highest BCUT2D eigenvalue weighted by Crippen LogP contribution is 2.26. The number of rotatable bonds is 4. The maximum absolute atomic E-state index is 13.7. The van der Waals surface area contributed by atoms with Gasteiger partial charge in [-0.25, -0.2) is 19.0 Å². The number of carbonyl (C=O) groups excluding carboxylic acids is 1. The summed E-state index contributed by atoms with van der Waals surface area (Å²) in [7, 11) is 0. The Balaban J connectivity index is 1.56. The number of carbonyl (C=O) groups is 1. The number of nitrogens with zero attached hydrogens (tertiary/aromatic N) is 6. The lowest BCUT2D eigenvalue weighted by Gasteiger charge is -2.05. The number of hydrogen-bond donors (Lipinski definition) is 1. The van der Waals surface area contributed by atoms with E-state index in [4.69, 9.17) is 0 Å². The first-order chi connectivity index (χ1) is 14.2. The lowest BCUT2D eigenvalue weighted by molar-refractivity contribution is 0.101. The summed E-state index contributed by atoms with van der Waals surface area (Å²) >= 11 is 1.45. The van der Waals surface area contributed by atoms with Crippen LogP contribution in [-0.2, 0) is 0 Å². The quantitative estimate of drug-likeness (QED) is 0.495. The van der Waals surface area contributed by atoms with Gasteiger partial charge in [0.2, 0.25) is 5.82 Å². The molecular weight excluding hydrogens is 393 g/mol. The van der Waals surface area contributed by atoms with Gasteiger partial charge in [0.05, 0.1) is 16.8 Å². The predicted molar refractivity (Wildman–Crippen MR) is 106 cm³/mol. The topological polar surface area (TPSA) is 90.0 Å². The van der Waals surface area contributed by atoms with Crippen LogP contribution in [-0.4, -0.2) is 35.3 Å². The maximum Gasteiger partial charge on any atom is 0.296 e. The van der Waals surface area contributed by atoms with E-state index in [0.717, 1.165) is 4.88 Å². The third kappa shape index (κ3) is 3.15. The van der Waals surface area contributed by atoms with Gasteiger partial charge in [0.1, 0.15) is 11.6 Å². The van der Waals surface area contributed by atoms with Crippen molar-refractivity contribution in [2.45, 2.75) is 0 Å². The summed E-state index contributed by atoms with van der Waals surface area (Å²) in [6.45, 7) is 0. The molecule has 5 rings (SSSR count). The normalized spacial score (nSPS) is 11.1. The number of thiophene rings is 1. The molecular formula is C19H12FN7OS. The second-order valence-corrected chi connectivity index (χ2v) is 6.96. The largest absolute Gasteiger partial charge is 0.304 e. The van der Waals surface area contributed by atoms with E-state index in [0.29, 0.717) is 23.0 Å². The zero-order valence-corrected chi connectivity index (χ0v) is 15.5. The van der Waals surface area contributed by atoms with E-state index in [-0.39, 0.29) is 5.82 Å². The molecule has 0 spiro atoms. The Hall–Kier alpha value is -3.92. The van der Waals surface area contributed by atoms with Crippen molar-refractivity contribution < 1.29 is 9.18 Å². The van der Waals surface area contributed by atoms with Crippen LogP contribution in [0.25, 0.3) is 22.0 Å². The highest BCUT2D eigenvalue weighted by Gasteiger charge is 2.20. The molecule has 0 atom stereocenters. The van der Waals surface area contributed by atoms with Crippen molar-refractivity contribution >= 4 is 28.7 Å². The molecule has 0 aliphatic rings. The average molecular weight is 405 g/mol. The molecule has 29 heavy (non-hydrogen) atoms. The third-order valence-electron chi connectivity index (χ3n) is 4.14. The molecule has 0 radical (unpaired) electrons. The summed E-state index contributed by atoms with van der Waals surface area (Å²) in [5.74, 6) is -0.0748. The van der Waals surface area contributed by atoms with Crippen LogP contribution in [0.1, 0.15) is 10.6 Å². The summed E-state index contributed by atoms with van der Waals surface area (Å²) in [5.41, 5.74) is 1.07. The predicted octanol–water partition coefficient (Wildman–Crippen LogP) is 3.43. The molecule has 8 nitrogen and oxygen atoms in total. The van der Waals surface area contributed by atoms with Gasteiger partial charge in [0.15, 0.2) is 11.5 Å². The van der Waals surface area contributed by atoms with Crippen LogP contribution in [0.2, 0.25) is 0 Å². The van der Waals surface area contributed by atoms with Crippen molar-refractivity contribution in [3.8, 4) is 16.4 Å². The molecule has 5 aromatic rings. The van der Waals surface area contributed by atoms with Crippen molar-refractivity contribution in [1.29, 1.82) is 0 Å². The van der Waals surface area contributed by atoms with Gasteiger partial charge < -0.3 is 5.32 Å². The van der Waals surface area contributed by atoms with Crippen molar-refractivity contribution in [2.24, 2.45) is 0 Å². The lowest BCUT2D eigenvalue weighted by Crippen LogP contribution is -2.17. The summed E-state index contributed by atoms with van der Waals surface area (Å²) in [6, 6.07) is 13.0. The standard InChI is InChI=1S/C19H12FN7OS/c20-12-3-1-4-13(11-12)26-18(14-5-2-10-29-14)24-17(25-26)19(28)23-16-6-8-21-15-7-9-22-27(15)16/h1-11H,(H,23,28). The van der Waals surface area contributed by atoms with Gasteiger partial charge in [-0.2, -0.15) is 9.61 Å². The molecule has 0 bridgehead atoms. The lowest BCUT2D eigenvalue weighted by atomic mass is 10.3. The number of benzene rings is 1. The molecule has 1 amide bonds. The van der Waals surface area contributed by atoms with Crippen LogP contribution in [0.5, 0.6) is 0 Å². The number of halogens is 1. The summed E-state index contributed by atoms with van der Waals surface area (Å²) in [6.07, 6.45) is 3.16. The molecule has 0 aliphatic heterocycles. The average Bonchev–Trinajstić information content (AvgIpc) is 3.47. The molecule has 1 aromatic carbocycles. The first kappa shape index (κ1) is 17.2. The highest BCUT2D eigenvalue weighted by molar-refractivity contribution is 7.13. The third-order valence-corrected chi connectivity index (χ3v) is 5.00. The fourth-order valence-electron chi connectivity index (χ4n) is 2.86. The van der Waals surface area contributed by atoms with Crippen LogP contribution < -0.4 is 5.32 Å². The van der Waals surface area contributed by atoms with Gasteiger partial charge in [0, 0.05) is 12.3 Å². The van der Waals surface area contributed by atoms with Crippen LogP contribution in [0.15, 0.2) is 66.3 Å². The molecule has 0 saturated carbocycles. The van der Waals surface area contributed by atoms with Gasteiger partial charge in [-0.15, -0.1) is 16.4 Å². The van der Waals surface area contributed by atoms with E-state index >= 15 is 0 Å². The molecule has 1 N–H and O–H groups in total. The van der Waals surface area contributed by atoms with Crippen molar-refractivity contribution in [2.75, 3.05) is 5.32 Å². The van der Waals surface area contributed by atoms with E-state index < -0.39 is 11.7 Å². The van der Waals surface area contributed by atoms with Crippen molar-refractivity contribution in [1.82, 2.24) is 29.4 Å². The smallest absolute Gasteiger partial charge is 0.296 e. The number of nitrogens with one attached hydrogen (secondary N) is 1. The summed E-state index contributed by atoms with van der Waals surface area (Å²) < 4.78 is 16.7. The molecule has 4 aromatic heterocycles. The fourth-order valence-corrected chi connectivity index (χ4v) is 3.56. The Bertz CT molecular complexity index is 1330. The van der Waals surface area contributed by atoms with E-state index in [1.165, 1.54) is 32.7 Å². The zero-order valence-electron chi connectivity index (χ0n) is 14.7. The van der Waals surface area contributed by atoms with E-state index in [9.17, 15) is 9.18 Å². The SMILES string of the molecule is O=C(Nc1ccnc2ccnn12)c1nc(-c2cccs2)n(-c2cccc(F)c2)n1. The number of anilines is 1. The van der Waals surface area contributed by atoms with Gasteiger partial charge in [-0.1, -0.05) is 12.1 Å². The zero-order chi connectivity index (χ0) is 19.8. The first-order valence-corrected chi connectivity index (χ1v) is 9.44. The highest BCUT2D eigenvalue weighted by atomic mass is 32.1. The van der Waals surface area contributed by atoms with Gasteiger partial charge in [-0.3, -0.25) is 4.79 Å². The number of amides is 1. The minimum Gasteiger partial charge on any atom is -0.304 e. The molecule has 4 heterocycles. The van der Waals surface area contributed by atoms with Crippen LogP contribution in [0, 0.1) is 5.82 Å². The van der Waals surface area contributed by atoms with Gasteiger partial charge in [0.25, 0.3) is 5.91 Å². The molecule has 0 unspecified atom stereocenters. The van der Waals surface area contributed by atoms with Crippen LogP contribution >= 0.6 is 11.3 Å². The Morgan fingerprint density at radius 3 is 2.86 bits per heavy atom. The Kier molecular flexibility index (Phi) is 4.10. The Morgan fingerprint density at radius 1 is 1.10 bits per heavy atom. The Labute approximate surface area is 167 Å². The van der Waals surface area contributed by atoms with Crippen LogP contribution in [0.3, 0.4) is 0 Å². The molecule has 0 aliphatic carbocycles. The minimum atomic E-state index is -0.513. The van der Waals surface area contributed by atoms with Crippen molar-refractivity contribution in [3.63, 3.8) is 0 Å². The first-order valence-electron chi connectivity index (χ1n) is 8.56. The number of hydrogen-bond acceptors (Lipinski definition) is 6. The summed E-state index contributed by atoms with van der Waals surface area (Å²) in [5, 5.41) is 13.1. The second kappa shape index (κ2) is 6.91. The van der Waals surface area contributed by atoms with Crippen LogP contribution in [0.4, 0.5) is 10.2 Å². The van der Waals surface area contributed by atoms with E-state index in [2.05, 4.69) is 25.5 Å². The molecule has 142 valence electrons. The number of fused-ring (bicyclic) bond motifs is 1. The second-order valence-electron chi connectivity index (χ2n) is 6.01. The van der Waals surface area contributed by atoms with Gasteiger partial charge >= 0.3 is 0 Å². The van der Waals surface area contributed by atoms with E-state index in [1.54, 1.807) is 36.7 Å². The van der Waals surface area contributed by atoms with Gasteiger partial charge in [-0.05, 0) is 35.7 Å². The monoisotopic (exact) mass is 405 g/mol. The number of aromatic nitrogens is 6. The minimum absolute atomic E-state index is 0.0465. The molecule has 10 heteroatoms. The fraction of sp³-hybridized carbons (Fsp3) is 0. The summed E-state index contributed by atoms with van der Waals surface area (Å²) in [4.78, 5) is 22.2. The Morgan fingerprint density at radius 2 is 2.03 bits per heavy atom. The van der Waals surface area contributed by atoms with E-state index in [1.807, 2.05) is 17.5 Å². The molecule has 0 fully saturated rings. The van der Waals surface area contributed by atoms with Crippen molar-refractivity contribution in [3.05, 3.63) is 77.9 Å².